The molecule has 1 aromatic carbocycles. The van der Waals surface area contributed by atoms with Crippen LogP contribution in [-0.2, 0) is 21.2 Å². The van der Waals surface area contributed by atoms with Gasteiger partial charge in [0.25, 0.3) is 0 Å². The van der Waals surface area contributed by atoms with E-state index in [1.165, 1.54) is 12.1 Å². The summed E-state index contributed by atoms with van der Waals surface area (Å²) in [5, 5.41) is 8.38. The monoisotopic (exact) mass is 343 g/mol. The zero-order chi connectivity index (χ0) is 17.9. The second-order valence-electron chi connectivity index (χ2n) is 8.18. The van der Waals surface area contributed by atoms with Gasteiger partial charge in [-0.2, -0.15) is 0 Å². The molecule has 132 valence electrons. The van der Waals surface area contributed by atoms with Crippen molar-refractivity contribution < 1.29 is 13.7 Å². The van der Waals surface area contributed by atoms with Gasteiger partial charge in [0.1, 0.15) is 5.82 Å². The van der Waals surface area contributed by atoms with Gasteiger partial charge >= 0.3 is 7.12 Å². The summed E-state index contributed by atoms with van der Waals surface area (Å²) in [7, 11) is -0.309. The molecule has 2 aliphatic rings. The van der Waals surface area contributed by atoms with Crippen LogP contribution in [0.5, 0.6) is 0 Å². The molecule has 0 bridgehead atoms. The lowest BCUT2D eigenvalue weighted by Gasteiger charge is -2.32. The SMILES string of the molecule is CC1(C)OB(C2(c3cn(Cc4cccc(F)c4)nn3)CC2)OC1(C)C. The smallest absolute Gasteiger partial charge is 0.403 e. The molecule has 1 saturated heterocycles. The summed E-state index contributed by atoms with van der Waals surface area (Å²) < 4.78 is 27.6. The van der Waals surface area contributed by atoms with Crippen molar-refractivity contribution in [3.05, 3.63) is 47.5 Å². The third-order valence-electron chi connectivity index (χ3n) is 5.78. The van der Waals surface area contributed by atoms with E-state index in [4.69, 9.17) is 9.31 Å². The summed E-state index contributed by atoms with van der Waals surface area (Å²) in [6, 6.07) is 6.54. The summed E-state index contributed by atoms with van der Waals surface area (Å²) in [5.41, 5.74) is 1.04. The highest BCUT2D eigenvalue weighted by molar-refractivity contribution is 6.51. The molecule has 1 aliphatic heterocycles. The predicted octanol–water partition coefficient (Wildman–Crippen LogP) is 3.13. The minimum Gasteiger partial charge on any atom is -0.403 e. The van der Waals surface area contributed by atoms with E-state index in [0.29, 0.717) is 6.54 Å². The van der Waals surface area contributed by atoms with Crippen molar-refractivity contribution in [1.29, 1.82) is 0 Å². The van der Waals surface area contributed by atoms with Crippen LogP contribution in [0.1, 0.15) is 51.8 Å². The van der Waals surface area contributed by atoms with Gasteiger partial charge in [-0.3, -0.25) is 0 Å². The second kappa shape index (κ2) is 5.38. The van der Waals surface area contributed by atoms with E-state index in [1.807, 2.05) is 12.3 Å². The Morgan fingerprint density at radius 2 is 1.84 bits per heavy atom. The van der Waals surface area contributed by atoms with Crippen molar-refractivity contribution in [2.45, 2.75) is 63.6 Å². The van der Waals surface area contributed by atoms with Gasteiger partial charge in [-0.1, -0.05) is 17.3 Å². The maximum Gasteiger partial charge on any atom is 0.470 e. The third-order valence-corrected chi connectivity index (χ3v) is 5.78. The molecule has 0 unspecified atom stereocenters. The van der Waals surface area contributed by atoms with E-state index in [-0.39, 0.29) is 29.5 Å². The number of benzene rings is 1. The summed E-state index contributed by atoms with van der Waals surface area (Å²) >= 11 is 0. The molecule has 2 fully saturated rings. The van der Waals surface area contributed by atoms with Crippen LogP contribution in [0.3, 0.4) is 0 Å². The molecule has 5 nitrogen and oxygen atoms in total. The highest BCUT2D eigenvalue weighted by atomic mass is 19.1. The maximum atomic E-state index is 13.3. The molecule has 25 heavy (non-hydrogen) atoms. The fourth-order valence-electron chi connectivity index (χ4n) is 3.24. The molecule has 0 atom stereocenters. The molecule has 0 radical (unpaired) electrons. The van der Waals surface area contributed by atoms with E-state index in [1.54, 1.807) is 10.7 Å². The molecular weight excluding hydrogens is 320 g/mol. The lowest BCUT2D eigenvalue weighted by atomic mass is 9.66. The maximum absolute atomic E-state index is 13.3. The van der Waals surface area contributed by atoms with E-state index >= 15 is 0 Å². The third kappa shape index (κ3) is 2.79. The van der Waals surface area contributed by atoms with Crippen molar-refractivity contribution in [2.24, 2.45) is 0 Å². The Bertz CT molecular complexity index is 785. The number of halogens is 1. The van der Waals surface area contributed by atoms with Crippen LogP contribution in [0.4, 0.5) is 4.39 Å². The highest BCUT2D eigenvalue weighted by Gasteiger charge is 2.66. The van der Waals surface area contributed by atoms with E-state index in [9.17, 15) is 4.39 Å². The van der Waals surface area contributed by atoms with E-state index in [2.05, 4.69) is 38.0 Å². The molecule has 2 aromatic rings. The molecular formula is C18H23BFN3O2. The topological polar surface area (TPSA) is 49.2 Å². The summed E-state index contributed by atoms with van der Waals surface area (Å²) in [6.07, 6.45) is 3.88. The molecule has 1 aliphatic carbocycles. The number of rotatable bonds is 4. The van der Waals surface area contributed by atoms with E-state index < -0.39 is 0 Å². The van der Waals surface area contributed by atoms with Gasteiger partial charge in [0.2, 0.25) is 0 Å². The number of nitrogens with zero attached hydrogens (tertiary/aromatic N) is 3. The van der Waals surface area contributed by atoms with Crippen LogP contribution in [0.25, 0.3) is 0 Å². The van der Waals surface area contributed by atoms with Crippen molar-refractivity contribution in [3.63, 3.8) is 0 Å². The molecule has 7 heteroatoms. The highest BCUT2D eigenvalue weighted by Crippen LogP contribution is 2.54. The molecule has 0 amide bonds. The lowest BCUT2D eigenvalue weighted by molar-refractivity contribution is 0.00578. The zero-order valence-electron chi connectivity index (χ0n) is 15.1. The fraction of sp³-hybridized carbons (Fsp3) is 0.556. The van der Waals surface area contributed by atoms with Gasteiger partial charge in [0.05, 0.1) is 28.8 Å². The minimum absolute atomic E-state index is 0.217. The second-order valence-corrected chi connectivity index (χ2v) is 8.18. The Labute approximate surface area is 147 Å². The molecule has 4 rings (SSSR count). The van der Waals surface area contributed by atoms with Gasteiger partial charge in [0, 0.05) is 6.20 Å². The molecule has 2 heterocycles. The molecule has 0 spiro atoms. The van der Waals surface area contributed by atoms with Crippen molar-refractivity contribution >= 4 is 7.12 Å². The Hall–Kier alpha value is -1.73. The number of aromatic nitrogens is 3. The van der Waals surface area contributed by atoms with Crippen LogP contribution < -0.4 is 0 Å². The van der Waals surface area contributed by atoms with Crippen LogP contribution in [0.2, 0.25) is 0 Å². The quantitative estimate of drug-likeness (QED) is 0.801. The van der Waals surface area contributed by atoms with Crippen LogP contribution >= 0.6 is 0 Å². The largest absolute Gasteiger partial charge is 0.470 e. The average Bonchev–Trinajstić information content (AvgIpc) is 3.13. The Morgan fingerprint density at radius 1 is 1.16 bits per heavy atom. The van der Waals surface area contributed by atoms with Gasteiger partial charge in [0.15, 0.2) is 0 Å². The number of hydrogen-bond donors (Lipinski definition) is 0. The standard InChI is InChI=1S/C18H23BFN3O2/c1-16(2)17(3,4)25-19(24-16)18(8-9-18)15-12-23(22-21-15)11-13-6-5-7-14(20)10-13/h5-7,10,12H,8-9,11H2,1-4H3. The van der Waals surface area contributed by atoms with Gasteiger partial charge in [-0.25, -0.2) is 9.07 Å². The summed E-state index contributed by atoms with van der Waals surface area (Å²) in [5.74, 6) is -0.242. The fourth-order valence-corrected chi connectivity index (χ4v) is 3.24. The Morgan fingerprint density at radius 3 is 2.44 bits per heavy atom. The Balaban J connectivity index is 1.54. The van der Waals surface area contributed by atoms with Crippen molar-refractivity contribution in [1.82, 2.24) is 15.0 Å². The minimum atomic E-state index is -0.356. The van der Waals surface area contributed by atoms with Crippen LogP contribution in [0.15, 0.2) is 30.5 Å². The molecule has 0 N–H and O–H groups in total. The van der Waals surface area contributed by atoms with E-state index in [0.717, 1.165) is 24.1 Å². The summed E-state index contributed by atoms with van der Waals surface area (Å²) in [6.45, 7) is 8.73. The predicted molar refractivity (Wildman–Crippen MR) is 92.5 cm³/mol. The first-order valence-electron chi connectivity index (χ1n) is 8.73. The Kier molecular flexibility index (Phi) is 3.60. The first-order valence-corrected chi connectivity index (χ1v) is 8.73. The lowest BCUT2D eigenvalue weighted by Crippen LogP contribution is -2.41. The van der Waals surface area contributed by atoms with Crippen LogP contribution in [0, 0.1) is 5.82 Å². The molecule has 1 aromatic heterocycles. The van der Waals surface area contributed by atoms with Crippen LogP contribution in [-0.4, -0.2) is 33.3 Å². The zero-order valence-corrected chi connectivity index (χ0v) is 15.1. The normalized spacial score (nSPS) is 23.0. The number of hydrogen-bond acceptors (Lipinski definition) is 4. The molecule has 1 saturated carbocycles. The average molecular weight is 343 g/mol. The first kappa shape index (κ1) is 16.7. The summed E-state index contributed by atoms with van der Waals surface area (Å²) in [4.78, 5) is 0. The van der Waals surface area contributed by atoms with Crippen molar-refractivity contribution in [3.8, 4) is 0 Å². The van der Waals surface area contributed by atoms with Gasteiger partial charge in [-0.15, -0.1) is 5.10 Å². The first-order chi connectivity index (χ1) is 11.7. The van der Waals surface area contributed by atoms with Gasteiger partial charge < -0.3 is 9.31 Å². The van der Waals surface area contributed by atoms with Gasteiger partial charge in [-0.05, 0) is 58.2 Å². The van der Waals surface area contributed by atoms with Crippen molar-refractivity contribution in [2.75, 3.05) is 0 Å².